The molecular weight excluding hydrogens is 325 g/mol. The number of carbonyl (C=O) groups is 2. The summed E-state index contributed by atoms with van der Waals surface area (Å²) < 4.78 is 15.4. The van der Waals surface area contributed by atoms with Crippen molar-refractivity contribution in [3.8, 4) is 0 Å². The highest BCUT2D eigenvalue weighted by atomic mass is 19.1. The number of halogens is 1. The molecule has 2 rings (SSSR count). The molecule has 2 aromatic rings. The smallest absolute Gasteiger partial charge is 0.331 e. The monoisotopic (exact) mass is 347 g/mol. The van der Waals surface area contributed by atoms with Crippen LogP contribution in [0.25, 0.3) is 0 Å². The molecule has 0 aliphatic heterocycles. The number of aliphatic carboxylic acids is 1. The SMILES string of the molecule is CCn1nc(CC(C)C)cc1C(=O)N[C@H](C(=O)O)c1ccccc1F. The molecule has 1 aromatic carbocycles. The fourth-order valence-corrected chi connectivity index (χ4v) is 2.60. The Morgan fingerprint density at radius 2 is 2.00 bits per heavy atom. The predicted octanol–water partition coefficient (Wildman–Crippen LogP) is 2.80. The summed E-state index contributed by atoms with van der Waals surface area (Å²) in [6.07, 6.45) is 0.711. The van der Waals surface area contributed by atoms with Crippen molar-refractivity contribution >= 4 is 11.9 Å². The standard InChI is InChI=1S/C18H22FN3O3/c1-4-22-15(10-12(21-22)9-11(2)3)17(23)20-16(18(24)25)13-7-5-6-8-14(13)19/h5-8,10-11,16H,4,9H2,1-3H3,(H,20,23)(H,24,25)/t16-/m0/s1. The van der Waals surface area contributed by atoms with E-state index in [4.69, 9.17) is 0 Å². The maximum Gasteiger partial charge on any atom is 0.331 e. The number of benzene rings is 1. The van der Waals surface area contributed by atoms with Crippen LogP contribution < -0.4 is 5.32 Å². The van der Waals surface area contributed by atoms with E-state index in [0.29, 0.717) is 18.9 Å². The van der Waals surface area contributed by atoms with Crippen LogP contribution in [0.3, 0.4) is 0 Å². The van der Waals surface area contributed by atoms with Crippen molar-refractivity contribution in [2.45, 2.75) is 39.8 Å². The molecule has 0 unspecified atom stereocenters. The van der Waals surface area contributed by atoms with Crippen LogP contribution in [0, 0.1) is 11.7 Å². The average molecular weight is 347 g/mol. The zero-order valence-corrected chi connectivity index (χ0v) is 14.5. The number of amides is 1. The second kappa shape index (κ2) is 7.92. The molecule has 1 amide bonds. The Kier molecular flexibility index (Phi) is 5.90. The Morgan fingerprint density at radius 1 is 1.32 bits per heavy atom. The van der Waals surface area contributed by atoms with Gasteiger partial charge < -0.3 is 10.4 Å². The quantitative estimate of drug-likeness (QED) is 0.807. The maximum absolute atomic E-state index is 13.9. The van der Waals surface area contributed by atoms with E-state index < -0.39 is 23.7 Å². The van der Waals surface area contributed by atoms with E-state index in [-0.39, 0.29) is 11.3 Å². The lowest BCUT2D eigenvalue weighted by atomic mass is 10.1. The van der Waals surface area contributed by atoms with Crippen molar-refractivity contribution in [1.29, 1.82) is 0 Å². The van der Waals surface area contributed by atoms with Crippen LogP contribution in [0.4, 0.5) is 4.39 Å². The number of carboxylic acid groups (broad SMARTS) is 1. The summed E-state index contributed by atoms with van der Waals surface area (Å²) in [5.74, 6) is -2.23. The van der Waals surface area contributed by atoms with E-state index in [1.54, 1.807) is 6.07 Å². The normalized spacial score (nSPS) is 12.2. The topological polar surface area (TPSA) is 84.2 Å². The second-order valence-electron chi connectivity index (χ2n) is 6.20. The Balaban J connectivity index is 2.29. The van der Waals surface area contributed by atoms with Gasteiger partial charge in [-0.2, -0.15) is 5.10 Å². The van der Waals surface area contributed by atoms with Crippen molar-refractivity contribution in [2.24, 2.45) is 5.92 Å². The van der Waals surface area contributed by atoms with Gasteiger partial charge in [0.1, 0.15) is 11.5 Å². The number of hydrogen-bond acceptors (Lipinski definition) is 3. The first kappa shape index (κ1) is 18.6. The first-order valence-electron chi connectivity index (χ1n) is 8.18. The minimum atomic E-state index is -1.47. The van der Waals surface area contributed by atoms with Gasteiger partial charge in [-0.25, -0.2) is 9.18 Å². The van der Waals surface area contributed by atoms with Gasteiger partial charge in [0.05, 0.1) is 5.69 Å². The number of nitrogens with zero attached hydrogens (tertiary/aromatic N) is 2. The predicted molar refractivity (Wildman–Crippen MR) is 90.7 cm³/mol. The molecule has 1 aromatic heterocycles. The molecule has 0 spiro atoms. The van der Waals surface area contributed by atoms with Gasteiger partial charge in [0, 0.05) is 12.1 Å². The third-order valence-corrected chi connectivity index (χ3v) is 3.72. The summed E-state index contributed by atoms with van der Waals surface area (Å²) in [4.78, 5) is 24.1. The summed E-state index contributed by atoms with van der Waals surface area (Å²) in [7, 11) is 0. The third-order valence-electron chi connectivity index (χ3n) is 3.72. The lowest BCUT2D eigenvalue weighted by Crippen LogP contribution is -2.35. The molecule has 6 nitrogen and oxygen atoms in total. The van der Waals surface area contributed by atoms with Crippen LogP contribution in [0.5, 0.6) is 0 Å². The van der Waals surface area contributed by atoms with E-state index in [1.165, 1.54) is 22.9 Å². The van der Waals surface area contributed by atoms with Gasteiger partial charge in [0.15, 0.2) is 6.04 Å². The van der Waals surface area contributed by atoms with Crippen molar-refractivity contribution < 1.29 is 19.1 Å². The van der Waals surface area contributed by atoms with Crippen LogP contribution in [0.2, 0.25) is 0 Å². The molecule has 0 saturated heterocycles. The first-order valence-corrected chi connectivity index (χ1v) is 8.18. The second-order valence-corrected chi connectivity index (χ2v) is 6.20. The van der Waals surface area contributed by atoms with Gasteiger partial charge in [0.2, 0.25) is 0 Å². The van der Waals surface area contributed by atoms with Gasteiger partial charge in [0.25, 0.3) is 5.91 Å². The van der Waals surface area contributed by atoms with E-state index >= 15 is 0 Å². The maximum atomic E-state index is 13.9. The van der Waals surface area contributed by atoms with E-state index in [2.05, 4.69) is 10.4 Å². The van der Waals surface area contributed by atoms with Gasteiger partial charge >= 0.3 is 5.97 Å². The van der Waals surface area contributed by atoms with Crippen LogP contribution in [0.15, 0.2) is 30.3 Å². The van der Waals surface area contributed by atoms with Crippen LogP contribution in [-0.2, 0) is 17.8 Å². The van der Waals surface area contributed by atoms with Crippen LogP contribution >= 0.6 is 0 Å². The molecule has 0 saturated carbocycles. The number of rotatable bonds is 7. The molecular formula is C18H22FN3O3. The number of carbonyl (C=O) groups excluding carboxylic acids is 1. The van der Waals surface area contributed by atoms with E-state index in [9.17, 15) is 19.1 Å². The number of hydrogen-bond donors (Lipinski definition) is 2. The number of nitrogens with one attached hydrogen (secondary N) is 1. The average Bonchev–Trinajstić information content (AvgIpc) is 2.95. The summed E-state index contributed by atoms with van der Waals surface area (Å²) in [6.45, 7) is 6.40. The van der Waals surface area contributed by atoms with Crippen molar-refractivity contribution in [3.05, 3.63) is 53.1 Å². The number of carboxylic acids is 1. The Bertz CT molecular complexity index is 771. The molecule has 0 radical (unpaired) electrons. The highest BCUT2D eigenvalue weighted by Crippen LogP contribution is 2.18. The molecule has 25 heavy (non-hydrogen) atoms. The van der Waals surface area contributed by atoms with Gasteiger partial charge in [-0.1, -0.05) is 32.0 Å². The first-order chi connectivity index (χ1) is 11.8. The molecule has 2 N–H and O–H groups in total. The lowest BCUT2D eigenvalue weighted by molar-refractivity contribution is -0.139. The minimum Gasteiger partial charge on any atom is -0.479 e. The van der Waals surface area contributed by atoms with Gasteiger partial charge in [-0.05, 0) is 31.4 Å². The molecule has 0 aliphatic rings. The molecule has 1 atom stereocenters. The highest BCUT2D eigenvalue weighted by molar-refractivity contribution is 5.95. The largest absolute Gasteiger partial charge is 0.479 e. The van der Waals surface area contributed by atoms with Crippen molar-refractivity contribution in [2.75, 3.05) is 0 Å². The minimum absolute atomic E-state index is 0.0895. The molecule has 7 heteroatoms. The van der Waals surface area contributed by atoms with Crippen LogP contribution in [-0.4, -0.2) is 26.8 Å². The highest BCUT2D eigenvalue weighted by Gasteiger charge is 2.27. The number of aromatic nitrogens is 2. The van der Waals surface area contributed by atoms with Crippen molar-refractivity contribution in [3.63, 3.8) is 0 Å². The summed E-state index contributed by atoms with van der Waals surface area (Å²) >= 11 is 0. The summed E-state index contributed by atoms with van der Waals surface area (Å²) in [5.41, 5.74) is 0.939. The summed E-state index contributed by atoms with van der Waals surface area (Å²) in [6, 6.07) is 5.67. The zero-order valence-electron chi connectivity index (χ0n) is 14.5. The number of aryl methyl sites for hydroxylation is 1. The van der Waals surface area contributed by atoms with E-state index in [1.807, 2.05) is 20.8 Å². The Hall–Kier alpha value is -2.70. The fourth-order valence-electron chi connectivity index (χ4n) is 2.60. The van der Waals surface area contributed by atoms with Crippen LogP contribution in [0.1, 0.15) is 48.6 Å². The lowest BCUT2D eigenvalue weighted by Gasteiger charge is -2.15. The third kappa shape index (κ3) is 4.43. The summed E-state index contributed by atoms with van der Waals surface area (Å²) in [5, 5.41) is 16.2. The zero-order chi connectivity index (χ0) is 18.6. The van der Waals surface area contributed by atoms with Gasteiger partial charge in [-0.15, -0.1) is 0 Å². The van der Waals surface area contributed by atoms with E-state index in [0.717, 1.165) is 11.8 Å². The molecule has 0 aliphatic carbocycles. The van der Waals surface area contributed by atoms with Gasteiger partial charge in [-0.3, -0.25) is 9.48 Å². The Labute approximate surface area is 145 Å². The van der Waals surface area contributed by atoms with Crippen molar-refractivity contribution in [1.82, 2.24) is 15.1 Å². The molecule has 0 fully saturated rings. The molecule has 134 valence electrons. The fraction of sp³-hybridized carbons (Fsp3) is 0.389. The Morgan fingerprint density at radius 3 is 2.56 bits per heavy atom. The molecule has 0 bridgehead atoms. The molecule has 1 heterocycles.